The normalized spacial score (nSPS) is 15.6. The average Bonchev–Trinajstić information content (AvgIpc) is 2.57. The lowest BCUT2D eigenvalue weighted by Crippen LogP contribution is -2.56. The van der Waals surface area contributed by atoms with E-state index in [0.29, 0.717) is 23.6 Å². The SMILES string of the molecule is O=C(c1cccc(Cl)c1)N(Cc1ccccc1)C1(CCO)CCC1. The van der Waals surface area contributed by atoms with Crippen molar-refractivity contribution in [1.82, 2.24) is 4.90 Å². The minimum atomic E-state index is -0.246. The third-order valence-electron chi connectivity index (χ3n) is 4.93. The number of aliphatic hydroxyl groups is 1. The predicted molar refractivity (Wildman–Crippen MR) is 96.1 cm³/mol. The van der Waals surface area contributed by atoms with Gasteiger partial charge >= 0.3 is 0 Å². The summed E-state index contributed by atoms with van der Waals surface area (Å²) in [6.07, 6.45) is 3.58. The Morgan fingerprint density at radius 1 is 1.12 bits per heavy atom. The molecule has 0 aliphatic heterocycles. The zero-order valence-corrected chi connectivity index (χ0v) is 14.4. The number of benzene rings is 2. The molecule has 2 aromatic carbocycles. The molecule has 0 bridgehead atoms. The first-order valence-corrected chi connectivity index (χ1v) is 8.75. The zero-order chi connectivity index (χ0) is 17.0. The molecule has 3 nitrogen and oxygen atoms in total. The molecule has 1 N–H and O–H groups in total. The highest BCUT2D eigenvalue weighted by Crippen LogP contribution is 2.42. The van der Waals surface area contributed by atoms with Crippen molar-refractivity contribution in [2.45, 2.75) is 37.8 Å². The number of hydrogen-bond acceptors (Lipinski definition) is 2. The molecule has 1 fully saturated rings. The van der Waals surface area contributed by atoms with Gasteiger partial charge in [-0.05, 0) is 49.4 Å². The fraction of sp³-hybridized carbons (Fsp3) is 0.350. The van der Waals surface area contributed by atoms with E-state index in [2.05, 4.69) is 0 Å². The van der Waals surface area contributed by atoms with E-state index in [4.69, 9.17) is 11.6 Å². The standard InChI is InChI=1S/C20H22ClNO2/c21-18-9-4-8-17(14-18)19(24)22(15-16-6-2-1-3-7-16)20(12-13-23)10-5-11-20/h1-4,6-9,14,23H,5,10-13,15H2. The van der Waals surface area contributed by atoms with Crippen LogP contribution in [0.3, 0.4) is 0 Å². The summed E-state index contributed by atoms with van der Waals surface area (Å²) in [6.45, 7) is 0.639. The molecule has 0 unspecified atom stereocenters. The van der Waals surface area contributed by atoms with Crippen molar-refractivity contribution in [3.8, 4) is 0 Å². The van der Waals surface area contributed by atoms with Crippen LogP contribution in [-0.2, 0) is 6.54 Å². The van der Waals surface area contributed by atoms with Crippen LogP contribution in [0.25, 0.3) is 0 Å². The smallest absolute Gasteiger partial charge is 0.254 e. The maximum Gasteiger partial charge on any atom is 0.254 e. The van der Waals surface area contributed by atoms with E-state index in [-0.39, 0.29) is 18.1 Å². The minimum Gasteiger partial charge on any atom is -0.396 e. The largest absolute Gasteiger partial charge is 0.396 e. The molecule has 0 aromatic heterocycles. The second-order valence-corrected chi connectivity index (χ2v) is 6.88. The third kappa shape index (κ3) is 3.47. The summed E-state index contributed by atoms with van der Waals surface area (Å²) in [5, 5.41) is 10.1. The summed E-state index contributed by atoms with van der Waals surface area (Å²) in [4.78, 5) is 15.1. The van der Waals surface area contributed by atoms with E-state index in [1.165, 1.54) is 0 Å². The molecule has 0 atom stereocenters. The number of halogens is 1. The van der Waals surface area contributed by atoms with Crippen molar-refractivity contribution in [1.29, 1.82) is 0 Å². The van der Waals surface area contributed by atoms with Crippen molar-refractivity contribution in [3.63, 3.8) is 0 Å². The quantitative estimate of drug-likeness (QED) is 0.850. The number of carbonyl (C=O) groups is 1. The molecule has 0 spiro atoms. The van der Waals surface area contributed by atoms with Gasteiger partial charge in [-0.15, -0.1) is 0 Å². The fourth-order valence-corrected chi connectivity index (χ4v) is 3.64. The van der Waals surface area contributed by atoms with E-state index in [9.17, 15) is 9.90 Å². The van der Waals surface area contributed by atoms with Gasteiger partial charge in [0.2, 0.25) is 0 Å². The van der Waals surface area contributed by atoms with Gasteiger partial charge in [0.05, 0.1) is 0 Å². The number of amides is 1. The van der Waals surface area contributed by atoms with E-state index in [1.807, 2.05) is 35.2 Å². The zero-order valence-electron chi connectivity index (χ0n) is 13.6. The van der Waals surface area contributed by atoms with Crippen molar-refractivity contribution in [2.75, 3.05) is 6.61 Å². The lowest BCUT2D eigenvalue weighted by atomic mass is 9.72. The highest BCUT2D eigenvalue weighted by atomic mass is 35.5. The lowest BCUT2D eigenvalue weighted by molar-refractivity contribution is -0.00182. The first kappa shape index (κ1) is 17.0. The van der Waals surface area contributed by atoms with Crippen LogP contribution in [0.4, 0.5) is 0 Å². The summed E-state index contributed by atoms with van der Waals surface area (Å²) < 4.78 is 0. The van der Waals surface area contributed by atoms with E-state index < -0.39 is 0 Å². The third-order valence-corrected chi connectivity index (χ3v) is 5.17. The molecule has 1 saturated carbocycles. The molecular formula is C20H22ClNO2. The summed E-state index contributed by atoms with van der Waals surface area (Å²) in [5.74, 6) is -0.0190. The van der Waals surface area contributed by atoms with Gasteiger partial charge in [-0.2, -0.15) is 0 Å². The monoisotopic (exact) mass is 343 g/mol. The summed E-state index contributed by atoms with van der Waals surface area (Å²) >= 11 is 6.07. The topological polar surface area (TPSA) is 40.5 Å². The van der Waals surface area contributed by atoms with Crippen LogP contribution in [0.15, 0.2) is 54.6 Å². The Bertz CT molecular complexity index is 698. The molecule has 4 heteroatoms. The Kier molecular flexibility index (Phi) is 5.22. The maximum atomic E-state index is 13.2. The van der Waals surface area contributed by atoms with E-state index in [1.54, 1.807) is 24.3 Å². The Morgan fingerprint density at radius 2 is 1.88 bits per heavy atom. The van der Waals surface area contributed by atoms with Crippen LogP contribution in [0.1, 0.15) is 41.6 Å². The Labute approximate surface area is 147 Å². The molecular weight excluding hydrogens is 322 g/mol. The first-order valence-electron chi connectivity index (χ1n) is 8.37. The summed E-state index contributed by atoms with van der Waals surface area (Å²) in [6, 6.07) is 17.1. The molecule has 0 saturated heterocycles. The molecule has 3 rings (SSSR count). The summed E-state index contributed by atoms with van der Waals surface area (Å²) in [7, 11) is 0. The lowest BCUT2D eigenvalue weighted by Gasteiger charge is -2.50. The Hall–Kier alpha value is -1.84. The van der Waals surface area contributed by atoms with Crippen molar-refractivity contribution < 1.29 is 9.90 Å². The molecule has 0 heterocycles. The van der Waals surface area contributed by atoms with Crippen LogP contribution in [0, 0.1) is 0 Å². The number of hydrogen-bond donors (Lipinski definition) is 1. The molecule has 1 aliphatic rings. The number of rotatable bonds is 6. The highest BCUT2D eigenvalue weighted by molar-refractivity contribution is 6.30. The van der Waals surface area contributed by atoms with Gasteiger partial charge in [0.25, 0.3) is 5.91 Å². The fourth-order valence-electron chi connectivity index (χ4n) is 3.45. The van der Waals surface area contributed by atoms with Crippen molar-refractivity contribution in [3.05, 3.63) is 70.7 Å². The number of carbonyl (C=O) groups excluding carboxylic acids is 1. The van der Waals surface area contributed by atoms with Crippen LogP contribution < -0.4 is 0 Å². The van der Waals surface area contributed by atoms with Crippen LogP contribution >= 0.6 is 11.6 Å². The van der Waals surface area contributed by atoms with E-state index in [0.717, 1.165) is 24.8 Å². The van der Waals surface area contributed by atoms with Crippen molar-refractivity contribution >= 4 is 17.5 Å². The van der Waals surface area contributed by atoms with Crippen LogP contribution in [0.2, 0.25) is 5.02 Å². The first-order chi connectivity index (χ1) is 11.6. The van der Waals surface area contributed by atoms with Gasteiger partial charge in [-0.3, -0.25) is 4.79 Å². The number of nitrogens with zero attached hydrogens (tertiary/aromatic N) is 1. The van der Waals surface area contributed by atoms with Crippen LogP contribution in [-0.4, -0.2) is 28.1 Å². The predicted octanol–water partition coefficient (Wildman–Crippen LogP) is 4.29. The molecule has 24 heavy (non-hydrogen) atoms. The van der Waals surface area contributed by atoms with Crippen molar-refractivity contribution in [2.24, 2.45) is 0 Å². The van der Waals surface area contributed by atoms with Gasteiger partial charge in [-0.25, -0.2) is 0 Å². The Morgan fingerprint density at radius 3 is 2.46 bits per heavy atom. The van der Waals surface area contributed by atoms with Gasteiger partial charge in [0, 0.05) is 29.3 Å². The second-order valence-electron chi connectivity index (χ2n) is 6.44. The van der Waals surface area contributed by atoms with Gasteiger partial charge < -0.3 is 10.0 Å². The molecule has 126 valence electrons. The Balaban J connectivity index is 1.93. The summed E-state index contributed by atoms with van der Waals surface area (Å²) in [5.41, 5.74) is 1.45. The molecule has 1 amide bonds. The molecule has 0 radical (unpaired) electrons. The highest BCUT2D eigenvalue weighted by Gasteiger charge is 2.44. The average molecular weight is 344 g/mol. The van der Waals surface area contributed by atoms with Gasteiger partial charge in [0.15, 0.2) is 0 Å². The van der Waals surface area contributed by atoms with Gasteiger partial charge in [0.1, 0.15) is 0 Å². The molecule has 1 aliphatic carbocycles. The molecule has 2 aromatic rings. The number of aliphatic hydroxyl groups excluding tert-OH is 1. The second kappa shape index (κ2) is 7.37. The maximum absolute atomic E-state index is 13.2. The van der Waals surface area contributed by atoms with E-state index >= 15 is 0 Å². The minimum absolute atomic E-state index is 0.0190. The van der Waals surface area contributed by atoms with Gasteiger partial charge in [-0.1, -0.05) is 48.0 Å². The van der Waals surface area contributed by atoms with Crippen LogP contribution in [0.5, 0.6) is 0 Å².